The minimum absolute atomic E-state index is 0.328. The summed E-state index contributed by atoms with van der Waals surface area (Å²) in [6, 6.07) is 0. The van der Waals surface area contributed by atoms with E-state index in [9.17, 15) is 15.0 Å². The van der Waals surface area contributed by atoms with E-state index in [1.807, 2.05) is 5.38 Å². The topological polar surface area (TPSA) is 132 Å². The lowest BCUT2D eigenvalue weighted by Gasteiger charge is -2.24. The van der Waals surface area contributed by atoms with Crippen molar-refractivity contribution in [1.29, 1.82) is 0 Å². The van der Waals surface area contributed by atoms with E-state index in [0.717, 1.165) is 0 Å². The molecule has 3 fully saturated rings. The second kappa shape index (κ2) is 6.33. The predicted octanol–water partition coefficient (Wildman–Crippen LogP) is 2.11. The zero-order valence-electron chi connectivity index (χ0n) is 17.8. The normalized spacial score (nSPS) is 35.6. The Morgan fingerprint density at radius 3 is 2.74 bits per heavy atom. The lowest BCUT2D eigenvalue weighted by Crippen LogP contribution is -2.32. The van der Waals surface area contributed by atoms with Crippen molar-refractivity contribution in [3.63, 3.8) is 0 Å². The van der Waals surface area contributed by atoms with Crippen molar-refractivity contribution in [2.24, 2.45) is 0 Å². The number of hydrogen-bond acceptors (Lipinski definition) is 10. The molecule has 3 N–H and O–H groups in total. The van der Waals surface area contributed by atoms with Gasteiger partial charge in [0.2, 0.25) is 0 Å². The Hall–Kier alpha value is -1.89. The third-order valence-corrected chi connectivity index (χ3v) is 6.82. The van der Waals surface area contributed by atoms with Gasteiger partial charge in [-0.3, -0.25) is 5.32 Å². The number of anilines is 1. The van der Waals surface area contributed by atoms with Gasteiger partial charge in [-0.15, -0.1) is 11.3 Å². The third kappa shape index (κ3) is 2.84. The summed E-state index contributed by atoms with van der Waals surface area (Å²) in [5, 5.41) is 25.1. The molecule has 1 saturated carbocycles. The number of amides is 1. The second-order valence-corrected chi connectivity index (χ2v) is 10.4. The number of nitrogens with one attached hydrogen (secondary N) is 1. The van der Waals surface area contributed by atoms with Crippen LogP contribution in [-0.2, 0) is 18.9 Å². The standard InChI is InChI=1S/C20H25N3O7S/c1-17(2,3)29-16(26)23-14-12-10(21-8-22-14)9(6-31-12)11-13-20(30-18(4,5)28-13)15(25)19(20,7-24)27-11/h6,8,11,13,15,24-25H,7H2,1-5H3,(H,21,22,23,26)/t11-,13-,15?,19+,20+/m0/s1. The minimum atomic E-state index is -1.24. The van der Waals surface area contributed by atoms with Crippen LogP contribution in [0, 0.1) is 0 Å². The Morgan fingerprint density at radius 2 is 2.06 bits per heavy atom. The molecule has 0 radical (unpaired) electrons. The van der Waals surface area contributed by atoms with Gasteiger partial charge in [0.1, 0.15) is 30.2 Å². The smallest absolute Gasteiger partial charge is 0.413 e. The molecule has 3 aliphatic rings. The van der Waals surface area contributed by atoms with Crippen molar-refractivity contribution >= 4 is 33.5 Å². The summed E-state index contributed by atoms with van der Waals surface area (Å²) >= 11 is 1.35. The lowest BCUT2D eigenvalue weighted by molar-refractivity contribution is -0.191. The van der Waals surface area contributed by atoms with Crippen molar-refractivity contribution in [2.45, 2.75) is 75.5 Å². The molecule has 2 aliphatic heterocycles. The number of aromatic nitrogens is 2. The number of rotatable bonds is 3. The number of carbonyl (C=O) groups is 1. The molecule has 11 heteroatoms. The summed E-state index contributed by atoms with van der Waals surface area (Å²) < 4.78 is 24.3. The zero-order chi connectivity index (χ0) is 22.4. The number of ether oxygens (including phenoxy) is 4. The Bertz CT molecular complexity index is 1070. The number of carbonyl (C=O) groups excluding carboxylic acids is 1. The third-order valence-electron chi connectivity index (χ3n) is 5.83. The summed E-state index contributed by atoms with van der Waals surface area (Å²) in [7, 11) is 0. The fraction of sp³-hybridized carbons (Fsp3) is 0.650. The van der Waals surface area contributed by atoms with E-state index in [-0.39, 0.29) is 0 Å². The molecule has 2 saturated heterocycles. The van der Waals surface area contributed by atoms with Gasteiger partial charge in [-0.25, -0.2) is 14.8 Å². The Morgan fingerprint density at radius 1 is 1.32 bits per heavy atom. The van der Waals surface area contributed by atoms with Crippen LogP contribution in [0.2, 0.25) is 0 Å². The minimum Gasteiger partial charge on any atom is -0.444 e. The van der Waals surface area contributed by atoms with Crippen LogP contribution in [-0.4, -0.2) is 67.7 Å². The van der Waals surface area contributed by atoms with Crippen LogP contribution in [0.15, 0.2) is 11.7 Å². The summed E-state index contributed by atoms with van der Waals surface area (Å²) in [5.74, 6) is -0.608. The van der Waals surface area contributed by atoms with Crippen molar-refractivity contribution in [1.82, 2.24) is 9.97 Å². The Kier molecular flexibility index (Phi) is 4.29. The van der Waals surface area contributed by atoms with E-state index < -0.39 is 53.6 Å². The maximum atomic E-state index is 12.2. The summed E-state index contributed by atoms with van der Waals surface area (Å²) in [6.45, 7) is 8.47. The fourth-order valence-corrected chi connectivity index (χ4v) is 5.66. The van der Waals surface area contributed by atoms with Gasteiger partial charge in [0.25, 0.3) is 0 Å². The van der Waals surface area contributed by atoms with E-state index >= 15 is 0 Å². The number of hydrogen-bond donors (Lipinski definition) is 3. The maximum absolute atomic E-state index is 12.2. The largest absolute Gasteiger partial charge is 0.444 e. The molecular formula is C20H25N3O7S. The zero-order valence-corrected chi connectivity index (χ0v) is 18.6. The highest BCUT2D eigenvalue weighted by Crippen LogP contribution is 2.70. The SMILES string of the molecule is CC(C)(C)OC(=O)Nc1ncnc2c([C@@H]3O[C@]4(CO)C(O)[C@@]45OC(C)(C)O[C@@H]35)csc12. The van der Waals surface area contributed by atoms with Gasteiger partial charge in [0.15, 0.2) is 22.8 Å². The average molecular weight is 452 g/mol. The molecule has 1 amide bonds. The van der Waals surface area contributed by atoms with Crippen LogP contribution in [0.3, 0.4) is 0 Å². The van der Waals surface area contributed by atoms with Crippen molar-refractivity contribution in [2.75, 3.05) is 11.9 Å². The van der Waals surface area contributed by atoms with Gasteiger partial charge < -0.3 is 29.2 Å². The molecule has 4 heterocycles. The van der Waals surface area contributed by atoms with Gasteiger partial charge >= 0.3 is 6.09 Å². The summed E-state index contributed by atoms with van der Waals surface area (Å²) in [6.07, 6.45) is -1.49. The second-order valence-electron chi connectivity index (χ2n) is 9.54. The summed E-state index contributed by atoms with van der Waals surface area (Å²) in [5.41, 5.74) is -1.71. The van der Waals surface area contributed by atoms with Crippen LogP contribution in [0.1, 0.15) is 46.3 Å². The number of fused-ring (bicyclic) bond motifs is 1. The molecule has 1 aliphatic carbocycles. The molecule has 10 nitrogen and oxygen atoms in total. The van der Waals surface area contributed by atoms with Gasteiger partial charge in [0.05, 0.1) is 16.8 Å². The van der Waals surface area contributed by atoms with Crippen LogP contribution in [0.25, 0.3) is 10.2 Å². The lowest BCUT2D eigenvalue weighted by atomic mass is 10.0. The summed E-state index contributed by atoms with van der Waals surface area (Å²) in [4.78, 5) is 20.8. The van der Waals surface area contributed by atoms with Gasteiger partial charge in [-0.1, -0.05) is 0 Å². The Balaban J connectivity index is 1.49. The highest BCUT2D eigenvalue weighted by Gasteiger charge is 2.92. The molecule has 0 bridgehead atoms. The average Bonchev–Trinajstić information content (AvgIpc) is 3.05. The predicted molar refractivity (Wildman–Crippen MR) is 110 cm³/mol. The first-order valence-corrected chi connectivity index (χ1v) is 10.9. The first kappa shape index (κ1) is 21.0. The van der Waals surface area contributed by atoms with E-state index in [0.29, 0.717) is 21.6 Å². The highest BCUT2D eigenvalue weighted by atomic mass is 32.1. The van der Waals surface area contributed by atoms with Gasteiger partial charge in [0, 0.05) is 5.56 Å². The molecule has 31 heavy (non-hydrogen) atoms. The number of nitrogens with zero attached hydrogens (tertiary/aromatic N) is 2. The first-order chi connectivity index (χ1) is 14.4. The molecule has 1 spiro atoms. The van der Waals surface area contributed by atoms with Gasteiger partial charge in [-0.2, -0.15) is 0 Å². The monoisotopic (exact) mass is 451 g/mol. The van der Waals surface area contributed by atoms with Crippen LogP contribution in [0.5, 0.6) is 0 Å². The molecular weight excluding hydrogens is 426 g/mol. The van der Waals surface area contributed by atoms with E-state index in [4.69, 9.17) is 18.9 Å². The van der Waals surface area contributed by atoms with E-state index in [1.165, 1.54) is 17.7 Å². The van der Waals surface area contributed by atoms with Crippen LogP contribution >= 0.6 is 11.3 Å². The van der Waals surface area contributed by atoms with E-state index in [2.05, 4.69) is 15.3 Å². The van der Waals surface area contributed by atoms with E-state index in [1.54, 1.807) is 34.6 Å². The number of thiophene rings is 1. The molecule has 5 rings (SSSR count). The number of aliphatic hydroxyl groups excluding tert-OH is 2. The molecule has 2 aromatic rings. The highest BCUT2D eigenvalue weighted by molar-refractivity contribution is 7.18. The quantitative estimate of drug-likeness (QED) is 0.642. The van der Waals surface area contributed by atoms with Crippen LogP contribution in [0.4, 0.5) is 10.6 Å². The molecule has 0 aromatic carbocycles. The molecule has 5 atom stereocenters. The molecule has 1 unspecified atom stereocenters. The maximum Gasteiger partial charge on any atom is 0.413 e. The van der Waals surface area contributed by atoms with Crippen molar-refractivity contribution in [3.05, 3.63) is 17.3 Å². The molecule has 168 valence electrons. The van der Waals surface area contributed by atoms with Gasteiger partial charge in [-0.05, 0) is 40.0 Å². The Labute approximate surface area is 182 Å². The van der Waals surface area contributed by atoms with Crippen LogP contribution < -0.4 is 5.32 Å². The first-order valence-electron chi connectivity index (χ1n) is 10.0. The molecule has 2 aromatic heterocycles. The van der Waals surface area contributed by atoms with Crippen molar-refractivity contribution < 1.29 is 34.0 Å². The number of aliphatic hydroxyl groups is 2. The van der Waals surface area contributed by atoms with Crippen molar-refractivity contribution in [3.8, 4) is 0 Å². The fourth-order valence-electron chi connectivity index (χ4n) is 4.67.